The molecule has 84 valence electrons. The summed E-state index contributed by atoms with van der Waals surface area (Å²) < 4.78 is 20.0. The van der Waals surface area contributed by atoms with E-state index in [9.17, 15) is 4.57 Å². The Labute approximate surface area is 86.3 Å². The predicted octanol–water partition coefficient (Wildman–Crippen LogP) is 0.659. The average Bonchev–Trinajstić information content (AvgIpc) is 2.16. The Morgan fingerprint density at radius 3 is 2.53 bits per heavy atom. The highest BCUT2D eigenvalue weighted by Gasteiger charge is 2.21. The van der Waals surface area contributed by atoms with Crippen LogP contribution in [-0.2, 0) is 11.2 Å². The molecule has 0 atom stereocenters. The lowest BCUT2D eigenvalue weighted by molar-refractivity contribution is 0.258. The molecule has 0 unspecified atom stereocenters. The summed E-state index contributed by atoms with van der Waals surface area (Å²) in [5.74, 6) is 0.0145. The Kier molecular flexibility index (Phi) is 3.71. The number of phosphoric acid groups is 1. The Bertz CT molecular complexity index is 362. The van der Waals surface area contributed by atoms with Crippen molar-refractivity contribution in [1.82, 2.24) is 0 Å². The summed E-state index contributed by atoms with van der Waals surface area (Å²) in [6, 6.07) is 4.54. The molecule has 1 rings (SSSR count). The molecule has 0 aliphatic heterocycles. The summed E-state index contributed by atoms with van der Waals surface area (Å²) in [6.07, 6.45) is 0. The molecule has 1 aromatic rings. The van der Waals surface area contributed by atoms with E-state index >= 15 is 0 Å². The largest absolute Gasteiger partial charge is 0.524 e. The van der Waals surface area contributed by atoms with Crippen molar-refractivity contribution in [2.45, 2.75) is 6.61 Å². The molecule has 0 fully saturated rings. The van der Waals surface area contributed by atoms with Gasteiger partial charge in [0, 0.05) is 5.56 Å². The second-order valence-electron chi connectivity index (χ2n) is 2.69. The Morgan fingerprint density at radius 1 is 1.40 bits per heavy atom. The van der Waals surface area contributed by atoms with Crippen LogP contribution in [0.1, 0.15) is 5.56 Å². The molecular weight excluding hydrogens is 223 g/mol. The molecule has 0 saturated carbocycles. The third-order valence-electron chi connectivity index (χ3n) is 1.66. The second-order valence-corrected chi connectivity index (χ2v) is 3.85. The highest BCUT2D eigenvalue weighted by molar-refractivity contribution is 7.46. The lowest BCUT2D eigenvalue weighted by atomic mass is 10.2. The molecule has 6 nitrogen and oxygen atoms in total. The number of phosphoric ester groups is 1. The molecule has 7 heteroatoms. The number of aliphatic hydroxyl groups excluding tert-OH is 1. The van der Waals surface area contributed by atoms with Crippen LogP contribution < -0.4 is 9.26 Å². The maximum Gasteiger partial charge on any atom is 0.524 e. The Balaban J connectivity index is 3.16. The van der Waals surface area contributed by atoms with E-state index in [2.05, 4.69) is 4.52 Å². The van der Waals surface area contributed by atoms with Crippen molar-refractivity contribution in [3.63, 3.8) is 0 Å². The zero-order chi connectivity index (χ0) is 11.5. The number of aliphatic hydroxyl groups is 1. The standard InChI is InChI=1S/C8H11O6P/c1-13-7-4-2-3-6(5-9)8(7)14-15(10,11)12/h2-4,9H,5H2,1H3,(H2,10,11,12). The van der Waals surface area contributed by atoms with Gasteiger partial charge in [0.05, 0.1) is 13.7 Å². The molecule has 0 amide bonds. The fourth-order valence-electron chi connectivity index (χ4n) is 1.07. The first-order chi connectivity index (χ1) is 6.98. The van der Waals surface area contributed by atoms with E-state index in [1.54, 1.807) is 6.07 Å². The first-order valence-electron chi connectivity index (χ1n) is 4.00. The van der Waals surface area contributed by atoms with Gasteiger partial charge in [0.2, 0.25) is 0 Å². The monoisotopic (exact) mass is 234 g/mol. The number of benzene rings is 1. The van der Waals surface area contributed by atoms with E-state index in [1.807, 2.05) is 0 Å². The number of hydrogen-bond acceptors (Lipinski definition) is 4. The van der Waals surface area contributed by atoms with Crippen molar-refractivity contribution in [3.05, 3.63) is 23.8 Å². The highest BCUT2D eigenvalue weighted by Crippen LogP contribution is 2.43. The number of ether oxygens (including phenoxy) is 1. The zero-order valence-electron chi connectivity index (χ0n) is 7.95. The van der Waals surface area contributed by atoms with Gasteiger partial charge in [-0.1, -0.05) is 12.1 Å². The molecule has 0 bridgehead atoms. The van der Waals surface area contributed by atoms with Crippen LogP contribution in [0.15, 0.2) is 18.2 Å². The minimum atomic E-state index is -4.66. The van der Waals surface area contributed by atoms with Gasteiger partial charge in [-0.15, -0.1) is 0 Å². The lowest BCUT2D eigenvalue weighted by Crippen LogP contribution is -1.98. The minimum absolute atomic E-state index is 0.143. The van der Waals surface area contributed by atoms with E-state index in [4.69, 9.17) is 19.6 Å². The molecule has 0 radical (unpaired) electrons. The third kappa shape index (κ3) is 3.21. The van der Waals surface area contributed by atoms with E-state index in [0.29, 0.717) is 0 Å². The minimum Gasteiger partial charge on any atom is -0.493 e. The molecule has 1 aromatic carbocycles. The first-order valence-corrected chi connectivity index (χ1v) is 5.53. The second kappa shape index (κ2) is 4.63. The summed E-state index contributed by atoms with van der Waals surface area (Å²) in [6.45, 7) is -0.396. The van der Waals surface area contributed by atoms with Gasteiger partial charge < -0.3 is 14.4 Å². The van der Waals surface area contributed by atoms with E-state index < -0.39 is 14.4 Å². The molecular formula is C8H11O6P. The molecule has 0 aliphatic rings. The number of methoxy groups -OCH3 is 1. The topological polar surface area (TPSA) is 96.2 Å². The van der Waals surface area contributed by atoms with Crippen molar-refractivity contribution in [2.75, 3.05) is 7.11 Å². The van der Waals surface area contributed by atoms with Gasteiger partial charge in [0.1, 0.15) is 0 Å². The maximum atomic E-state index is 10.7. The summed E-state index contributed by atoms with van der Waals surface area (Å²) in [5.41, 5.74) is 0.248. The molecule has 0 aromatic heterocycles. The van der Waals surface area contributed by atoms with Gasteiger partial charge in [0.25, 0.3) is 0 Å². The molecule has 0 aliphatic carbocycles. The molecule has 0 heterocycles. The summed E-state index contributed by atoms with van der Waals surface area (Å²) in [4.78, 5) is 17.3. The van der Waals surface area contributed by atoms with Crippen LogP contribution in [-0.4, -0.2) is 22.0 Å². The van der Waals surface area contributed by atoms with Crippen molar-refractivity contribution in [2.24, 2.45) is 0 Å². The SMILES string of the molecule is COc1cccc(CO)c1OP(=O)(O)O. The van der Waals surface area contributed by atoms with Crippen LogP contribution in [0.4, 0.5) is 0 Å². The fraction of sp³-hybridized carbons (Fsp3) is 0.250. The van der Waals surface area contributed by atoms with Crippen LogP contribution in [0, 0.1) is 0 Å². The Hall–Kier alpha value is -1.07. The molecule has 0 saturated heterocycles. The molecule has 0 spiro atoms. The normalized spacial score (nSPS) is 11.2. The van der Waals surface area contributed by atoms with Gasteiger partial charge >= 0.3 is 7.82 Å². The van der Waals surface area contributed by atoms with Crippen LogP contribution in [0.2, 0.25) is 0 Å². The number of para-hydroxylation sites is 1. The quantitative estimate of drug-likeness (QED) is 0.662. The van der Waals surface area contributed by atoms with E-state index in [-0.39, 0.29) is 17.1 Å². The van der Waals surface area contributed by atoms with Crippen LogP contribution in [0.5, 0.6) is 11.5 Å². The van der Waals surface area contributed by atoms with E-state index in [1.165, 1.54) is 19.2 Å². The smallest absolute Gasteiger partial charge is 0.493 e. The molecule has 3 N–H and O–H groups in total. The number of hydrogen-bond donors (Lipinski definition) is 3. The lowest BCUT2D eigenvalue weighted by Gasteiger charge is -2.13. The molecule has 15 heavy (non-hydrogen) atoms. The van der Waals surface area contributed by atoms with Gasteiger partial charge in [-0.05, 0) is 6.07 Å². The van der Waals surface area contributed by atoms with Gasteiger partial charge in [-0.3, -0.25) is 9.79 Å². The summed E-state index contributed by atoms with van der Waals surface area (Å²) >= 11 is 0. The predicted molar refractivity (Wildman–Crippen MR) is 51.6 cm³/mol. The summed E-state index contributed by atoms with van der Waals surface area (Å²) in [5, 5.41) is 8.95. The van der Waals surface area contributed by atoms with Gasteiger partial charge in [-0.2, -0.15) is 0 Å². The third-order valence-corrected chi connectivity index (χ3v) is 2.08. The maximum absolute atomic E-state index is 10.7. The van der Waals surface area contributed by atoms with Crippen LogP contribution >= 0.6 is 7.82 Å². The van der Waals surface area contributed by atoms with E-state index in [0.717, 1.165) is 0 Å². The Morgan fingerprint density at radius 2 is 2.07 bits per heavy atom. The van der Waals surface area contributed by atoms with Gasteiger partial charge in [-0.25, -0.2) is 4.57 Å². The van der Waals surface area contributed by atoms with Crippen LogP contribution in [0.25, 0.3) is 0 Å². The fourth-order valence-corrected chi connectivity index (χ4v) is 1.51. The van der Waals surface area contributed by atoms with Crippen LogP contribution in [0.3, 0.4) is 0 Å². The average molecular weight is 234 g/mol. The first kappa shape index (κ1) is 12.0. The van der Waals surface area contributed by atoms with Crippen molar-refractivity contribution in [1.29, 1.82) is 0 Å². The van der Waals surface area contributed by atoms with Gasteiger partial charge in [0.15, 0.2) is 11.5 Å². The van der Waals surface area contributed by atoms with Crippen molar-refractivity contribution < 1.29 is 28.7 Å². The van der Waals surface area contributed by atoms with Crippen molar-refractivity contribution >= 4 is 7.82 Å². The van der Waals surface area contributed by atoms with Crippen molar-refractivity contribution in [3.8, 4) is 11.5 Å². The zero-order valence-corrected chi connectivity index (χ0v) is 8.85. The highest BCUT2D eigenvalue weighted by atomic mass is 31.2. The summed E-state index contributed by atoms with van der Waals surface area (Å²) in [7, 11) is -3.32. The number of rotatable bonds is 4.